The van der Waals surface area contributed by atoms with Gasteiger partial charge in [-0.15, -0.1) is 5.10 Å². The van der Waals surface area contributed by atoms with Gasteiger partial charge < -0.3 is 4.74 Å². The van der Waals surface area contributed by atoms with E-state index in [0.29, 0.717) is 5.75 Å². The van der Waals surface area contributed by atoms with Crippen molar-refractivity contribution in [2.45, 2.75) is 25.7 Å². The first-order valence-corrected chi connectivity index (χ1v) is 6.38. The minimum atomic E-state index is -0.118. The fraction of sp³-hybridized carbons (Fsp3) is 0.385. The molecule has 1 fully saturated rings. The summed E-state index contributed by atoms with van der Waals surface area (Å²) >= 11 is 0. The maximum atomic E-state index is 11.9. The van der Waals surface area contributed by atoms with E-state index in [-0.39, 0.29) is 11.9 Å². The molecular weight excluding hydrogens is 244 g/mol. The second-order valence-electron chi connectivity index (χ2n) is 4.65. The van der Waals surface area contributed by atoms with Crippen LogP contribution in [0.3, 0.4) is 0 Å². The monoisotopic (exact) mass is 258 g/mol. The van der Waals surface area contributed by atoms with Gasteiger partial charge in [0, 0.05) is 0 Å². The number of ether oxygens (including phenoxy) is 1. The van der Waals surface area contributed by atoms with Crippen molar-refractivity contribution >= 4 is 5.97 Å². The van der Waals surface area contributed by atoms with Crippen LogP contribution in [0, 0.1) is 5.92 Å². The molecule has 0 spiro atoms. The van der Waals surface area contributed by atoms with E-state index in [9.17, 15) is 4.79 Å². The maximum absolute atomic E-state index is 11.9. The molecular formula is C13H14N4O2. The smallest absolute Gasteiger partial charge is 0.314 e. The zero-order valence-electron chi connectivity index (χ0n) is 10.4. The lowest BCUT2D eigenvalue weighted by Gasteiger charge is -2.09. The Kier molecular flexibility index (Phi) is 3.22. The third kappa shape index (κ3) is 2.62. The van der Waals surface area contributed by atoms with Crippen LogP contribution in [0.25, 0.3) is 5.69 Å². The van der Waals surface area contributed by atoms with Gasteiger partial charge in [0.2, 0.25) is 0 Å². The maximum Gasteiger partial charge on any atom is 0.314 e. The number of rotatable bonds is 3. The number of aromatic nitrogens is 4. The van der Waals surface area contributed by atoms with Crippen molar-refractivity contribution < 1.29 is 9.53 Å². The van der Waals surface area contributed by atoms with Crippen LogP contribution >= 0.6 is 0 Å². The Hall–Kier alpha value is -2.24. The molecule has 19 heavy (non-hydrogen) atoms. The van der Waals surface area contributed by atoms with Gasteiger partial charge in [0.25, 0.3) is 0 Å². The Balaban J connectivity index is 1.67. The summed E-state index contributed by atoms with van der Waals surface area (Å²) < 4.78 is 6.92. The third-order valence-electron chi connectivity index (χ3n) is 3.36. The SMILES string of the molecule is O=C(Oc1ccc(-n2cnnn2)cc1)C1CCCC1. The Bertz CT molecular complexity index is 545. The molecule has 0 N–H and O–H groups in total. The standard InChI is InChI=1S/C13H14N4O2/c18-13(10-3-1-2-4-10)19-12-7-5-11(6-8-12)17-9-14-15-16-17/h5-10H,1-4H2. The van der Waals surface area contributed by atoms with E-state index in [1.54, 1.807) is 16.8 Å². The normalized spacial score (nSPS) is 15.6. The Labute approximate surface area is 110 Å². The molecule has 1 saturated carbocycles. The number of esters is 1. The molecule has 6 heteroatoms. The lowest BCUT2D eigenvalue weighted by Crippen LogP contribution is -2.17. The summed E-state index contributed by atoms with van der Waals surface area (Å²) in [6.07, 6.45) is 5.65. The zero-order chi connectivity index (χ0) is 13.1. The van der Waals surface area contributed by atoms with Gasteiger partial charge in [0.05, 0.1) is 11.6 Å². The summed E-state index contributed by atoms with van der Waals surface area (Å²) in [5.41, 5.74) is 0.825. The quantitative estimate of drug-likeness (QED) is 0.619. The lowest BCUT2D eigenvalue weighted by molar-refractivity contribution is -0.138. The van der Waals surface area contributed by atoms with Crippen LogP contribution in [0.1, 0.15) is 25.7 Å². The van der Waals surface area contributed by atoms with Crippen molar-refractivity contribution in [1.82, 2.24) is 20.2 Å². The molecule has 0 amide bonds. The van der Waals surface area contributed by atoms with Gasteiger partial charge in [-0.1, -0.05) is 12.8 Å². The fourth-order valence-corrected chi connectivity index (χ4v) is 2.31. The second-order valence-corrected chi connectivity index (χ2v) is 4.65. The third-order valence-corrected chi connectivity index (χ3v) is 3.36. The first-order chi connectivity index (χ1) is 9.33. The summed E-state index contributed by atoms with van der Waals surface area (Å²) in [5.74, 6) is 0.514. The topological polar surface area (TPSA) is 69.9 Å². The highest BCUT2D eigenvalue weighted by atomic mass is 16.5. The summed E-state index contributed by atoms with van der Waals surface area (Å²) in [6, 6.07) is 7.13. The van der Waals surface area contributed by atoms with Gasteiger partial charge in [-0.05, 0) is 47.5 Å². The number of hydrogen-bond donors (Lipinski definition) is 0. The highest BCUT2D eigenvalue weighted by Crippen LogP contribution is 2.26. The summed E-state index contributed by atoms with van der Waals surface area (Å²) in [7, 11) is 0. The van der Waals surface area contributed by atoms with Gasteiger partial charge in [-0.2, -0.15) is 0 Å². The van der Waals surface area contributed by atoms with Crippen LogP contribution in [-0.2, 0) is 4.79 Å². The number of carbonyl (C=O) groups is 1. The zero-order valence-corrected chi connectivity index (χ0v) is 10.4. The van der Waals surface area contributed by atoms with E-state index >= 15 is 0 Å². The van der Waals surface area contributed by atoms with Gasteiger partial charge in [0.1, 0.15) is 12.1 Å². The van der Waals surface area contributed by atoms with Crippen molar-refractivity contribution in [3.05, 3.63) is 30.6 Å². The molecule has 98 valence electrons. The molecule has 6 nitrogen and oxygen atoms in total. The van der Waals surface area contributed by atoms with E-state index in [1.807, 2.05) is 12.1 Å². The van der Waals surface area contributed by atoms with Crippen LogP contribution in [0.4, 0.5) is 0 Å². The lowest BCUT2D eigenvalue weighted by atomic mass is 10.1. The van der Waals surface area contributed by atoms with Crippen molar-refractivity contribution in [2.75, 3.05) is 0 Å². The van der Waals surface area contributed by atoms with Crippen LogP contribution < -0.4 is 4.74 Å². The number of tetrazole rings is 1. The molecule has 1 aromatic carbocycles. The molecule has 0 unspecified atom stereocenters. The Morgan fingerprint density at radius 3 is 2.58 bits per heavy atom. The van der Waals surface area contributed by atoms with E-state index in [4.69, 9.17) is 4.74 Å². The average molecular weight is 258 g/mol. The molecule has 3 rings (SSSR count). The molecule has 0 atom stereocenters. The number of nitrogens with zero attached hydrogens (tertiary/aromatic N) is 4. The molecule has 1 aliphatic rings. The highest BCUT2D eigenvalue weighted by Gasteiger charge is 2.24. The minimum Gasteiger partial charge on any atom is -0.426 e. The number of hydrogen-bond acceptors (Lipinski definition) is 5. The van der Waals surface area contributed by atoms with E-state index < -0.39 is 0 Å². The van der Waals surface area contributed by atoms with Gasteiger partial charge in [0.15, 0.2) is 0 Å². The van der Waals surface area contributed by atoms with Crippen LogP contribution in [-0.4, -0.2) is 26.2 Å². The Morgan fingerprint density at radius 1 is 1.21 bits per heavy atom. The van der Waals surface area contributed by atoms with Crippen molar-refractivity contribution in [3.8, 4) is 11.4 Å². The molecule has 1 aliphatic carbocycles. The van der Waals surface area contributed by atoms with E-state index in [1.165, 1.54) is 6.33 Å². The average Bonchev–Trinajstić information content (AvgIpc) is 3.13. The van der Waals surface area contributed by atoms with Crippen LogP contribution in [0.5, 0.6) is 5.75 Å². The van der Waals surface area contributed by atoms with Gasteiger partial charge >= 0.3 is 5.97 Å². The summed E-state index contributed by atoms with van der Waals surface area (Å²) in [4.78, 5) is 11.9. The second kappa shape index (κ2) is 5.17. The molecule has 0 radical (unpaired) electrons. The fourth-order valence-electron chi connectivity index (χ4n) is 2.31. The van der Waals surface area contributed by atoms with Crippen molar-refractivity contribution in [3.63, 3.8) is 0 Å². The molecule has 2 aromatic rings. The molecule has 1 aromatic heterocycles. The van der Waals surface area contributed by atoms with Gasteiger partial charge in [-0.25, -0.2) is 4.68 Å². The minimum absolute atomic E-state index is 0.0687. The predicted molar refractivity (Wildman–Crippen MR) is 66.7 cm³/mol. The first kappa shape index (κ1) is 11.8. The molecule has 0 aliphatic heterocycles. The summed E-state index contributed by atoms with van der Waals surface area (Å²) in [5, 5.41) is 10.9. The first-order valence-electron chi connectivity index (χ1n) is 6.38. The molecule has 1 heterocycles. The highest BCUT2D eigenvalue weighted by molar-refractivity contribution is 5.75. The van der Waals surface area contributed by atoms with Crippen LogP contribution in [0.2, 0.25) is 0 Å². The predicted octanol–water partition coefficient (Wildman–Crippen LogP) is 1.76. The van der Waals surface area contributed by atoms with E-state index in [0.717, 1.165) is 31.4 Å². The molecule has 0 bridgehead atoms. The van der Waals surface area contributed by atoms with E-state index in [2.05, 4.69) is 15.5 Å². The summed E-state index contributed by atoms with van der Waals surface area (Å²) in [6.45, 7) is 0. The van der Waals surface area contributed by atoms with Crippen LogP contribution in [0.15, 0.2) is 30.6 Å². The number of carbonyl (C=O) groups excluding carboxylic acids is 1. The molecule has 0 saturated heterocycles. The van der Waals surface area contributed by atoms with Gasteiger partial charge in [-0.3, -0.25) is 4.79 Å². The largest absolute Gasteiger partial charge is 0.426 e. The van der Waals surface area contributed by atoms with Crippen molar-refractivity contribution in [1.29, 1.82) is 0 Å². The number of benzene rings is 1. The Morgan fingerprint density at radius 2 is 1.95 bits per heavy atom. The van der Waals surface area contributed by atoms with Crippen molar-refractivity contribution in [2.24, 2.45) is 5.92 Å².